The molecule has 0 fully saturated rings. The fraction of sp³-hybridized carbons (Fsp3) is 0.364. The van der Waals surface area contributed by atoms with Gasteiger partial charge in [-0.2, -0.15) is 0 Å². The maximum Gasteiger partial charge on any atom is 0.244 e. The highest BCUT2D eigenvalue weighted by Crippen LogP contribution is 2.09. The van der Waals surface area contributed by atoms with Crippen molar-refractivity contribution in [2.75, 3.05) is 6.61 Å². The molecule has 0 bridgehead atoms. The predicted molar refractivity (Wildman–Crippen MR) is 62.7 cm³/mol. The van der Waals surface area contributed by atoms with Gasteiger partial charge in [-0.25, -0.2) is 0 Å². The highest BCUT2D eigenvalue weighted by atomic mass is 32.1. The summed E-state index contributed by atoms with van der Waals surface area (Å²) in [5.74, 6) is -0.163. The minimum Gasteiger partial charge on any atom is -0.394 e. The van der Waals surface area contributed by atoms with Crippen molar-refractivity contribution in [2.24, 2.45) is 0 Å². The quantitative estimate of drug-likeness (QED) is 0.749. The summed E-state index contributed by atoms with van der Waals surface area (Å²) in [6, 6.07) is 3.73. The molecule has 1 rings (SSSR count). The summed E-state index contributed by atoms with van der Waals surface area (Å²) in [5.41, 5.74) is 0. The molecule has 0 radical (unpaired) electrons. The molecular weight excluding hydrogens is 210 g/mol. The zero-order valence-corrected chi connectivity index (χ0v) is 9.46. The Labute approximate surface area is 93.4 Å². The normalized spacial score (nSPS) is 12.9. The monoisotopic (exact) mass is 225 g/mol. The molecule has 15 heavy (non-hydrogen) atoms. The van der Waals surface area contributed by atoms with Crippen LogP contribution in [-0.2, 0) is 4.79 Å². The number of carbonyl (C=O) groups excluding carboxylic acids is 1. The van der Waals surface area contributed by atoms with E-state index in [1.807, 2.05) is 24.4 Å². The molecule has 0 aliphatic carbocycles. The molecule has 82 valence electrons. The lowest BCUT2D eigenvalue weighted by molar-refractivity contribution is -0.117. The number of carbonyl (C=O) groups is 1. The third-order valence-corrected chi connectivity index (χ3v) is 2.84. The molecule has 0 saturated heterocycles. The van der Waals surface area contributed by atoms with E-state index in [0.29, 0.717) is 0 Å². The van der Waals surface area contributed by atoms with Gasteiger partial charge >= 0.3 is 0 Å². The first-order valence-electron chi connectivity index (χ1n) is 4.89. The van der Waals surface area contributed by atoms with E-state index in [-0.39, 0.29) is 18.6 Å². The molecule has 0 aliphatic rings. The molecule has 0 aromatic carbocycles. The Hall–Kier alpha value is -1.13. The number of nitrogens with one attached hydrogen (secondary N) is 1. The predicted octanol–water partition coefficient (Wildman–Crippen LogP) is 1.65. The zero-order valence-electron chi connectivity index (χ0n) is 8.64. The Morgan fingerprint density at radius 3 is 3.07 bits per heavy atom. The number of thiophene rings is 1. The molecule has 0 saturated carbocycles. The van der Waals surface area contributed by atoms with Crippen molar-refractivity contribution >= 4 is 23.3 Å². The molecule has 1 unspecified atom stereocenters. The van der Waals surface area contributed by atoms with E-state index < -0.39 is 0 Å². The van der Waals surface area contributed by atoms with Crippen LogP contribution in [0.1, 0.15) is 18.2 Å². The van der Waals surface area contributed by atoms with Gasteiger partial charge in [0.05, 0.1) is 12.6 Å². The lowest BCUT2D eigenvalue weighted by atomic mass is 10.2. The van der Waals surface area contributed by atoms with Crippen LogP contribution in [0.5, 0.6) is 0 Å². The highest BCUT2D eigenvalue weighted by molar-refractivity contribution is 7.10. The Kier molecular flexibility index (Phi) is 5.07. The fourth-order valence-electron chi connectivity index (χ4n) is 1.07. The van der Waals surface area contributed by atoms with Crippen LogP contribution in [0.3, 0.4) is 0 Å². The van der Waals surface area contributed by atoms with Crippen molar-refractivity contribution in [3.8, 4) is 0 Å². The third-order valence-electron chi connectivity index (χ3n) is 2.00. The summed E-state index contributed by atoms with van der Waals surface area (Å²) in [6.07, 6.45) is 3.99. The van der Waals surface area contributed by atoms with Gasteiger partial charge in [0, 0.05) is 11.0 Å². The van der Waals surface area contributed by atoms with Gasteiger partial charge in [-0.3, -0.25) is 4.79 Å². The van der Waals surface area contributed by atoms with Gasteiger partial charge in [0.2, 0.25) is 5.91 Å². The Bertz CT molecular complexity index is 315. The summed E-state index contributed by atoms with van der Waals surface area (Å²) in [4.78, 5) is 12.4. The van der Waals surface area contributed by atoms with E-state index in [9.17, 15) is 4.79 Å². The van der Waals surface area contributed by atoms with Crippen molar-refractivity contribution in [1.82, 2.24) is 5.32 Å². The van der Waals surface area contributed by atoms with Crippen LogP contribution in [0.15, 0.2) is 23.6 Å². The maximum atomic E-state index is 11.4. The summed E-state index contributed by atoms with van der Waals surface area (Å²) >= 11 is 1.58. The van der Waals surface area contributed by atoms with Gasteiger partial charge in [-0.05, 0) is 23.9 Å². The van der Waals surface area contributed by atoms with E-state index in [1.165, 1.54) is 6.08 Å². The average molecular weight is 225 g/mol. The number of hydrogen-bond acceptors (Lipinski definition) is 3. The molecule has 0 spiro atoms. The second kappa shape index (κ2) is 6.37. The van der Waals surface area contributed by atoms with Crippen molar-refractivity contribution in [3.63, 3.8) is 0 Å². The molecule has 1 aromatic rings. The van der Waals surface area contributed by atoms with Gasteiger partial charge < -0.3 is 10.4 Å². The number of aliphatic hydroxyl groups is 1. The van der Waals surface area contributed by atoms with E-state index in [4.69, 9.17) is 5.11 Å². The first-order valence-corrected chi connectivity index (χ1v) is 5.77. The van der Waals surface area contributed by atoms with Gasteiger partial charge in [-0.1, -0.05) is 13.0 Å². The zero-order chi connectivity index (χ0) is 11.1. The van der Waals surface area contributed by atoms with E-state index in [1.54, 1.807) is 17.4 Å². The fourth-order valence-corrected chi connectivity index (χ4v) is 1.69. The third kappa shape index (κ3) is 4.27. The van der Waals surface area contributed by atoms with E-state index >= 15 is 0 Å². The lowest BCUT2D eigenvalue weighted by Crippen LogP contribution is -2.35. The molecule has 1 amide bonds. The summed E-state index contributed by atoms with van der Waals surface area (Å²) in [5, 5.41) is 13.6. The first kappa shape index (κ1) is 11.9. The Morgan fingerprint density at radius 2 is 2.53 bits per heavy atom. The number of aliphatic hydroxyl groups excluding tert-OH is 1. The molecule has 0 aliphatic heterocycles. The van der Waals surface area contributed by atoms with Crippen molar-refractivity contribution < 1.29 is 9.90 Å². The largest absolute Gasteiger partial charge is 0.394 e. The highest BCUT2D eigenvalue weighted by Gasteiger charge is 2.05. The molecule has 1 heterocycles. The van der Waals surface area contributed by atoms with E-state index in [0.717, 1.165) is 11.3 Å². The van der Waals surface area contributed by atoms with Crippen LogP contribution >= 0.6 is 11.3 Å². The van der Waals surface area contributed by atoms with Crippen molar-refractivity contribution in [3.05, 3.63) is 28.5 Å². The minimum absolute atomic E-state index is 0.0188. The van der Waals surface area contributed by atoms with Crippen molar-refractivity contribution in [2.45, 2.75) is 19.4 Å². The van der Waals surface area contributed by atoms with Crippen LogP contribution in [0, 0.1) is 0 Å². The van der Waals surface area contributed by atoms with Gasteiger partial charge in [-0.15, -0.1) is 11.3 Å². The van der Waals surface area contributed by atoms with Crippen LogP contribution in [-0.4, -0.2) is 23.7 Å². The Balaban J connectivity index is 2.42. The summed E-state index contributed by atoms with van der Waals surface area (Å²) < 4.78 is 0. The first-order chi connectivity index (χ1) is 7.26. The number of hydrogen-bond donors (Lipinski definition) is 2. The van der Waals surface area contributed by atoms with Gasteiger partial charge in [0.1, 0.15) is 0 Å². The van der Waals surface area contributed by atoms with Crippen LogP contribution in [0.2, 0.25) is 0 Å². The number of amides is 1. The summed E-state index contributed by atoms with van der Waals surface area (Å²) in [7, 11) is 0. The van der Waals surface area contributed by atoms with Crippen LogP contribution in [0.25, 0.3) is 6.08 Å². The molecule has 1 atom stereocenters. The second-order valence-corrected chi connectivity index (χ2v) is 4.12. The van der Waals surface area contributed by atoms with Gasteiger partial charge in [0.25, 0.3) is 0 Å². The molecule has 3 nitrogen and oxygen atoms in total. The minimum atomic E-state index is -0.163. The Morgan fingerprint density at radius 1 is 1.73 bits per heavy atom. The average Bonchev–Trinajstić information content (AvgIpc) is 2.75. The standard InChI is InChI=1S/C11H15NO2S/c1-2-9(8-13)12-11(14)6-5-10-4-3-7-15-10/h3-7,9,13H,2,8H2,1H3,(H,12,14)/b6-5+. The van der Waals surface area contributed by atoms with E-state index in [2.05, 4.69) is 5.32 Å². The molecule has 2 N–H and O–H groups in total. The molecule has 1 aromatic heterocycles. The lowest BCUT2D eigenvalue weighted by Gasteiger charge is -2.11. The second-order valence-electron chi connectivity index (χ2n) is 3.15. The molecule has 4 heteroatoms. The smallest absolute Gasteiger partial charge is 0.244 e. The summed E-state index contributed by atoms with van der Waals surface area (Å²) in [6.45, 7) is 1.90. The molecular formula is C11H15NO2S. The van der Waals surface area contributed by atoms with Gasteiger partial charge in [0.15, 0.2) is 0 Å². The SMILES string of the molecule is CCC(CO)NC(=O)/C=C/c1cccs1. The van der Waals surface area contributed by atoms with Crippen molar-refractivity contribution in [1.29, 1.82) is 0 Å². The van der Waals surface area contributed by atoms with Crippen LogP contribution in [0.4, 0.5) is 0 Å². The maximum absolute atomic E-state index is 11.4. The van der Waals surface area contributed by atoms with Crippen LogP contribution < -0.4 is 5.32 Å². The number of rotatable bonds is 5. The topological polar surface area (TPSA) is 49.3 Å².